The Labute approximate surface area is 184 Å². The van der Waals surface area contributed by atoms with Gasteiger partial charge in [-0.05, 0) is 50.5 Å². The number of hydrogen-bond donors (Lipinski definition) is 2. The average molecular weight is 433 g/mol. The van der Waals surface area contributed by atoms with Gasteiger partial charge in [0.15, 0.2) is 0 Å². The minimum Gasteiger partial charge on any atom is -0.321 e. The highest BCUT2D eigenvalue weighted by Crippen LogP contribution is 2.24. The smallest absolute Gasteiger partial charge is 0.277 e. The predicted molar refractivity (Wildman–Crippen MR) is 125 cm³/mol. The molecule has 7 heteroatoms. The second-order valence-electron chi connectivity index (χ2n) is 7.63. The molecule has 0 radical (unpaired) electrons. The summed E-state index contributed by atoms with van der Waals surface area (Å²) in [5, 5.41) is 6.54. The molecule has 0 spiro atoms. The fourth-order valence-corrected chi connectivity index (χ4v) is 4.40. The minimum absolute atomic E-state index is 0.142. The molecule has 4 aromatic rings. The van der Waals surface area contributed by atoms with E-state index in [0.29, 0.717) is 27.7 Å². The first kappa shape index (κ1) is 20.8. The SMILES string of the molecule is Cc1cccc(NC(=O)c2sc(-n3[nH]c(C)c(Cc4ccccc4)c3=O)nc2C)c1C. The molecule has 0 saturated carbocycles. The number of anilines is 1. The molecule has 0 aliphatic carbocycles. The zero-order valence-corrected chi connectivity index (χ0v) is 18.8. The third kappa shape index (κ3) is 4.09. The van der Waals surface area contributed by atoms with Crippen LogP contribution in [0.1, 0.15) is 43.3 Å². The first-order valence-electron chi connectivity index (χ1n) is 10.0. The van der Waals surface area contributed by atoms with Crippen LogP contribution in [0.15, 0.2) is 53.3 Å². The standard InChI is InChI=1S/C24H24N4O2S/c1-14-9-8-12-20(15(14)2)26-22(29)21-17(4)25-24(31-21)28-23(30)19(16(3)27-28)13-18-10-6-5-7-11-18/h5-12,27H,13H2,1-4H3,(H,26,29). The number of rotatable bonds is 5. The number of nitrogens with zero attached hydrogens (tertiary/aromatic N) is 2. The third-order valence-electron chi connectivity index (χ3n) is 5.45. The molecule has 4 rings (SSSR count). The lowest BCUT2D eigenvalue weighted by Gasteiger charge is -2.09. The molecule has 0 unspecified atom stereocenters. The molecule has 0 atom stereocenters. The number of aryl methyl sites for hydroxylation is 3. The summed E-state index contributed by atoms with van der Waals surface area (Å²) in [5.74, 6) is -0.226. The molecule has 0 aliphatic heterocycles. The van der Waals surface area contributed by atoms with Gasteiger partial charge < -0.3 is 5.32 Å². The Bertz CT molecular complexity index is 1320. The summed E-state index contributed by atoms with van der Waals surface area (Å²) in [6.07, 6.45) is 0.541. The zero-order chi connectivity index (χ0) is 22.1. The Kier molecular flexibility index (Phi) is 5.61. The van der Waals surface area contributed by atoms with Crippen molar-refractivity contribution in [2.24, 2.45) is 0 Å². The summed E-state index contributed by atoms with van der Waals surface area (Å²) in [6.45, 7) is 7.65. The number of benzene rings is 2. The summed E-state index contributed by atoms with van der Waals surface area (Å²) in [7, 11) is 0. The van der Waals surface area contributed by atoms with Gasteiger partial charge in [-0.1, -0.05) is 53.8 Å². The van der Waals surface area contributed by atoms with E-state index in [9.17, 15) is 9.59 Å². The summed E-state index contributed by atoms with van der Waals surface area (Å²) in [5.41, 5.74) is 5.92. The van der Waals surface area contributed by atoms with Gasteiger partial charge in [-0.2, -0.15) is 4.68 Å². The van der Waals surface area contributed by atoms with Crippen molar-refractivity contribution in [2.45, 2.75) is 34.1 Å². The Morgan fingerprint density at radius 3 is 2.55 bits per heavy atom. The zero-order valence-electron chi connectivity index (χ0n) is 17.9. The van der Waals surface area contributed by atoms with Crippen molar-refractivity contribution in [2.75, 3.05) is 5.32 Å². The largest absolute Gasteiger partial charge is 0.321 e. The molecule has 2 aromatic heterocycles. The molecule has 0 fully saturated rings. The Morgan fingerprint density at radius 1 is 1.06 bits per heavy atom. The third-order valence-corrected chi connectivity index (χ3v) is 6.59. The molecular weight excluding hydrogens is 408 g/mol. The van der Waals surface area contributed by atoms with Gasteiger partial charge in [-0.15, -0.1) is 0 Å². The molecule has 1 amide bonds. The molecule has 2 heterocycles. The topological polar surface area (TPSA) is 79.8 Å². The van der Waals surface area contributed by atoms with Crippen LogP contribution in [0.5, 0.6) is 0 Å². The van der Waals surface area contributed by atoms with Crippen LogP contribution in [0.3, 0.4) is 0 Å². The Morgan fingerprint density at radius 2 is 1.81 bits per heavy atom. The van der Waals surface area contributed by atoms with E-state index in [1.54, 1.807) is 6.92 Å². The van der Waals surface area contributed by atoms with Crippen LogP contribution in [-0.2, 0) is 6.42 Å². The highest BCUT2D eigenvalue weighted by Gasteiger charge is 2.20. The maximum absolute atomic E-state index is 13.1. The van der Waals surface area contributed by atoms with Gasteiger partial charge in [0.1, 0.15) is 4.88 Å². The van der Waals surface area contributed by atoms with Crippen LogP contribution in [0.4, 0.5) is 5.69 Å². The van der Waals surface area contributed by atoms with E-state index >= 15 is 0 Å². The van der Waals surface area contributed by atoms with Crippen molar-refractivity contribution in [1.29, 1.82) is 0 Å². The Hall–Kier alpha value is -3.45. The first-order chi connectivity index (χ1) is 14.8. The van der Waals surface area contributed by atoms with Crippen molar-refractivity contribution in [3.63, 3.8) is 0 Å². The van der Waals surface area contributed by atoms with E-state index in [0.717, 1.165) is 28.1 Å². The van der Waals surface area contributed by atoms with Gasteiger partial charge >= 0.3 is 0 Å². The highest BCUT2D eigenvalue weighted by atomic mass is 32.1. The van der Waals surface area contributed by atoms with E-state index in [-0.39, 0.29) is 11.5 Å². The number of nitrogens with one attached hydrogen (secondary N) is 2. The van der Waals surface area contributed by atoms with Crippen LogP contribution in [-0.4, -0.2) is 20.7 Å². The lowest BCUT2D eigenvalue weighted by atomic mass is 10.1. The fraction of sp³-hybridized carbons (Fsp3) is 0.208. The molecule has 6 nitrogen and oxygen atoms in total. The maximum atomic E-state index is 13.1. The van der Waals surface area contributed by atoms with Crippen molar-refractivity contribution in [3.8, 4) is 5.13 Å². The van der Waals surface area contributed by atoms with Gasteiger partial charge in [0.05, 0.1) is 5.69 Å². The quantitative estimate of drug-likeness (QED) is 0.480. The molecule has 0 bridgehead atoms. The number of H-pyrrole nitrogens is 1. The summed E-state index contributed by atoms with van der Waals surface area (Å²) >= 11 is 1.20. The van der Waals surface area contributed by atoms with Crippen molar-refractivity contribution in [1.82, 2.24) is 14.8 Å². The Balaban J connectivity index is 1.63. The number of amides is 1. The van der Waals surface area contributed by atoms with Crippen LogP contribution >= 0.6 is 11.3 Å². The number of aromatic nitrogens is 3. The second-order valence-corrected chi connectivity index (χ2v) is 8.61. The summed E-state index contributed by atoms with van der Waals surface area (Å²) in [6, 6.07) is 15.7. The predicted octanol–water partition coefficient (Wildman–Crippen LogP) is 4.70. The number of aromatic amines is 1. The number of hydrogen-bond acceptors (Lipinski definition) is 4. The van der Waals surface area contributed by atoms with Gasteiger partial charge in [-0.3, -0.25) is 14.7 Å². The average Bonchev–Trinajstić information content (AvgIpc) is 3.27. The maximum Gasteiger partial charge on any atom is 0.277 e. The highest BCUT2D eigenvalue weighted by molar-refractivity contribution is 7.16. The molecule has 158 valence electrons. The van der Waals surface area contributed by atoms with Crippen molar-refractivity contribution in [3.05, 3.63) is 97.4 Å². The molecule has 0 saturated heterocycles. The number of carbonyl (C=O) groups excluding carboxylic acids is 1. The van der Waals surface area contributed by atoms with E-state index in [4.69, 9.17) is 0 Å². The molecule has 2 aromatic carbocycles. The molecule has 0 aliphatic rings. The van der Waals surface area contributed by atoms with E-state index in [2.05, 4.69) is 15.4 Å². The normalized spacial score (nSPS) is 11.0. The second kappa shape index (κ2) is 8.35. The van der Waals surface area contributed by atoms with Gasteiger partial charge in [0.25, 0.3) is 11.5 Å². The van der Waals surface area contributed by atoms with Crippen molar-refractivity contribution < 1.29 is 4.79 Å². The summed E-state index contributed by atoms with van der Waals surface area (Å²) < 4.78 is 1.43. The van der Waals surface area contributed by atoms with Crippen molar-refractivity contribution >= 4 is 22.9 Å². The van der Waals surface area contributed by atoms with Crippen LogP contribution in [0.25, 0.3) is 5.13 Å². The van der Waals surface area contributed by atoms with Gasteiger partial charge in [0.2, 0.25) is 5.13 Å². The van der Waals surface area contributed by atoms with Gasteiger partial charge in [-0.25, -0.2) is 4.98 Å². The fourth-order valence-electron chi connectivity index (χ4n) is 3.48. The monoisotopic (exact) mass is 432 g/mol. The lowest BCUT2D eigenvalue weighted by molar-refractivity contribution is 0.102. The lowest BCUT2D eigenvalue weighted by Crippen LogP contribution is -2.17. The molecular formula is C24H24N4O2S. The first-order valence-corrected chi connectivity index (χ1v) is 10.9. The van der Waals surface area contributed by atoms with E-state index in [1.165, 1.54) is 16.0 Å². The van der Waals surface area contributed by atoms with Crippen LogP contribution in [0.2, 0.25) is 0 Å². The van der Waals surface area contributed by atoms with Crippen LogP contribution < -0.4 is 10.9 Å². The number of carbonyl (C=O) groups is 1. The van der Waals surface area contributed by atoms with E-state index in [1.807, 2.05) is 69.3 Å². The molecule has 2 N–H and O–H groups in total. The minimum atomic E-state index is -0.226. The summed E-state index contributed by atoms with van der Waals surface area (Å²) in [4.78, 5) is 30.9. The number of thiazole rings is 1. The van der Waals surface area contributed by atoms with E-state index < -0.39 is 0 Å². The molecule has 31 heavy (non-hydrogen) atoms. The van der Waals surface area contributed by atoms with Crippen LogP contribution in [0, 0.1) is 27.7 Å². The van der Waals surface area contributed by atoms with Gasteiger partial charge in [0, 0.05) is 23.4 Å².